The summed E-state index contributed by atoms with van der Waals surface area (Å²) in [7, 11) is 1.50. The van der Waals surface area contributed by atoms with Crippen LogP contribution in [0.25, 0.3) is 0 Å². The molecule has 0 aromatic carbocycles. The van der Waals surface area contributed by atoms with E-state index >= 15 is 0 Å². The van der Waals surface area contributed by atoms with Gasteiger partial charge in [-0.05, 0) is 7.05 Å². The Bertz CT molecular complexity index is 11.7. The van der Waals surface area contributed by atoms with E-state index in [1.54, 1.807) is 0 Å². The van der Waals surface area contributed by atoms with Crippen molar-refractivity contribution in [1.82, 2.24) is 0 Å². The van der Waals surface area contributed by atoms with Crippen LogP contribution in [0.5, 0.6) is 0 Å². The normalized spacial score (nSPS) is 0.857. The van der Waals surface area contributed by atoms with E-state index in [2.05, 4.69) is 5.73 Å². The molecule has 0 aliphatic carbocycles. The molecule has 0 saturated carbocycles. The van der Waals surface area contributed by atoms with Crippen molar-refractivity contribution in [2.75, 3.05) is 7.05 Å². The Hall–Kier alpha value is 2.80. The first kappa shape index (κ1) is 52.5. The molecule has 7 heavy (non-hydrogen) atoms. The second-order valence-corrected chi connectivity index (χ2v) is 0. The van der Waals surface area contributed by atoms with Gasteiger partial charge in [0.05, 0.1) is 0 Å². The molecule has 0 bridgehead atoms. The standard InChI is InChI=1S/CH5N.4BrH.Pb/c1-2;;;;;/h2H2,1H3;4*1H;/q;;;;;+4/p-4. The van der Waals surface area contributed by atoms with E-state index in [0.29, 0.717) is 0 Å². The molecule has 0 radical (unpaired) electrons. The van der Waals surface area contributed by atoms with Crippen molar-refractivity contribution < 1.29 is 67.9 Å². The minimum absolute atomic E-state index is 0. The van der Waals surface area contributed by atoms with Crippen LogP contribution in [0.1, 0.15) is 0 Å². The Morgan fingerprint density at radius 3 is 0.714 bits per heavy atom. The average Bonchev–Trinajstić information content (AvgIpc) is 1.00. The van der Waals surface area contributed by atoms with E-state index in [1.807, 2.05) is 0 Å². The minimum atomic E-state index is 0. The number of hydrogen-bond donors (Lipinski definition) is 1. The van der Waals surface area contributed by atoms with Crippen molar-refractivity contribution in [3.63, 3.8) is 0 Å². The van der Waals surface area contributed by atoms with E-state index < -0.39 is 0 Å². The van der Waals surface area contributed by atoms with Crippen LogP contribution < -0.4 is 73.7 Å². The maximum absolute atomic E-state index is 4.50. The first-order valence-electron chi connectivity index (χ1n) is 0.577. The molecule has 2 N–H and O–H groups in total. The van der Waals surface area contributed by atoms with Gasteiger partial charge in [0.2, 0.25) is 0 Å². The summed E-state index contributed by atoms with van der Waals surface area (Å²) in [4.78, 5) is 0. The van der Waals surface area contributed by atoms with Crippen LogP contribution in [0, 0.1) is 0 Å². The van der Waals surface area contributed by atoms with Gasteiger partial charge in [-0.15, -0.1) is 0 Å². The van der Waals surface area contributed by atoms with Crippen molar-refractivity contribution in [2.24, 2.45) is 5.73 Å². The topological polar surface area (TPSA) is 26.0 Å². The zero-order valence-corrected chi connectivity index (χ0v) is 13.8. The zero-order valence-electron chi connectivity index (χ0n) is 3.59. The molecule has 46 valence electrons. The van der Waals surface area contributed by atoms with Crippen LogP contribution >= 0.6 is 0 Å². The molecular formula is CH5Br4NPb. The Morgan fingerprint density at radius 2 is 0.714 bits per heavy atom. The molecule has 0 aromatic rings. The van der Waals surface area contributed by atoms with Gasteiger partial charge in [-0.1, -0.05) is 0 Å². The molecule has 0 fully saturated rings. The summed E-state index contributed by atoms with van der Waals surface area (Å²) >= 11 is 0. The Morgan fingerprint density at radius 1 is 0.714 bits per heavy atom. The van der Waals surface area contributed by atoms with Gasteiger partial charge in [0, 0.05) is 0 Å². The fourth-order valence-corrected chi connectivity index (χ4v) is 0. The third kappa shape index (κ3) is 51.9. The molecule has 0 aliphatic rings. The molecule has 0 saturated heterocycles. The zero-order chi connectivity index (χ0) is 2.00. The predicted octanol–water partition coefficient (Wildman–Crippen LogP) is -12.8. The Balaban J connectivity index is -0.000000000500. The van der Waals surface area contributed by atoms with Gasteiger partial charge < -0.3 is 73.7 Å². The summed E-state index contributed by atoms with van der Waals surface area (Å²) in [5, 5.41) is 0. The maximum Gasteiger partial charge on any atom is 4.00 e. The van der Waals surface area contributed by atoms with Gasteiger partial charge in [-0.3, -0.25) is 0 Å². The predicted molar refractivity (Wildman–Crippen MR) is 15.9 cm³/mol. The molecular weight excluding hydrogens is 553 g/mol. The molecule has 0 aromatic heterocycles. The summed E-state index contributed by atoms with van der Waals surface area (Å²) in [6.07, 6.45) is 0. The van der Waals surface area contributed by atoms with Crippen molar-refractivity contribution in [3.05, 3.63) is 0 Å². The molecule has 0 heterocycles. The smallest absolute Gasteiger partial charge is 1.00 e. The molecule has 0 rings (SSSR count). The molecule has 0 spiro atoms. The molecule has 0 atom stereocenters. The monoisotopic (exact) mass is 555 g/mol. The van der Waals surface area contributed by atoms with Crippen LogP contribution in [0.2, 0.25) is 0 Å². The summed E-state index contributed by atoms with van der Waals surface area (Å²) in [5.74, 6) is 0. The van der Waals surface area contributed by atoms with E-state index in [1.165, 1.54) is 7.05 Å². The van der Waals surface area contributed by atoms with E-state index in [0.717, 1.165) is 0 Å². The van der Waals surface area contributed by atoms with Gasteiger partial charge in [-0.2, -0.15) is 0 Å². The quantitative estimate of drug-likeness (QED) is 0.294. The first-order valence-corrected chi connectivity index (χ1v) is 0.577. The van der Waals surface area contributed by atoms with E-state index in [4.69, 9.17) is 0 Å². The van der Waals surface area contributed by atoms with Crippen molar-refractivity contribution in [3.8, 4) is 0 Å². The van der Waals surface area contributed by atoms with Gasteiger partial charge >= 0.3 is 27.3 Å². The Kier molecular flexibility index (Phi) is 512. The molecule has 0 amide bonds. The number of halogens is 4. The van der Waals surface area contributed by atoms with Crippen LogP contribution in [-0.4, -0.2) is 34.3 Å². The van der Waals surface area contributed by atoms with E-state index in [-0.39, 0.29) is 95.2 Å². The van der Waals surface area contributed by atoms with Crippen LogP contribution in [-0.2, 0) is 0 Å². The molecule has 0 aliphatic heterocycles. The van der Waals surface area contributed by atoms with Crippen LogP contribution in [0.4, 0.5) is 0 Å². The van der Waals surface area contributed by atoms with Gasteiger partial charge in [0.1, 0.15) is 0 Å². The summed E-state index contributed by atoms with van der Waals surface area (Å²) < 4.78 is 0. The first-order chi connectivity index (χ1) is 1.00. The minimum Gasteiger partial charge on any atom is -1.00 e. The van der Waals surface area contributed by atoms with Crippen molar-refractivity contribution in [2.45, 2.75) is 0 Å². The summed E-state index contributed by atoms with van der Waals surface area (Å²) in [6.45, 7) is 0. The van der Waals surface area contributed by atoms with Gasteiger partial charge in [-0.25, -0.2) is 0 Å². The average molecular weight is 558 g/mol. The van der Waals surface area contributed by atoms with Gasteiger partial charge in [0.25, 0.3) is 0 Å². The number of rotatable bonds is 0. The number of hydrogen-bond acceptors (Lipinski definition) is 1. The SMILES string of the molecule is CN.[Br-].[Br-].[Br-].[Br-].[Pb+4]. The van der Waals surface area contributed by atoms with Gasteiger partial charge in [0.15, 0.2) is 0 Å². The van der Waals surface area contributed by atoms with E-state index in [9.17, 15) is 0 Å². The molecule has 6 heteroatoms. The third-order valence-electron chi connectivity index (χ3n) is 0. The van der Waals surface area contributed by atoms with Crippen molar-refractivity contribution in [1.29, 1.82) is 0 Å². The Labute approximate surface area is 106 Å². The van der Waals surface area contributed by atoms with Crippen molar-refractivity contribution >= 4 is 27.3 Å². The third-order valence-corrected chi connectivity index (χ3v) is 0. The second kappa shape index (κ2) is 68.2. The van der Waals surface area contributed by atoms with Crippen LogP contribution in [0.15, 0.2) is 0 Å². The summed E-state index contributed by atoms with van der Waals surface area (Å²) in [5.41, 5.74) is 4.50. The second-order valence-electron chi connectivity index (χ2n) is 0. The molecule has 0 unspecified atom stereocenters. The summed E-state index contributed by atoms with van der Waals surface area (Å²) in [6, 6.07) is 0. The largest absolute Gasteiger partial charge is 4.00 e. The fraction of sp³-hybridized carbons (Fsp3) is 1.00. The molecule has 1 nitrogen and oxygen atoms in total. The van der Waals surface area contributed by atoms with Crippen LogP contribution in [0.3, 0.4) is 0 Å². The fourth-order valence-electron chi connectivity index (χ4n) is 0. The number of nitrogens with two attached hydrogens (primary N) is 1. The maximum atomic E-state index is 4.50.